The fraction of sp³-hybridized carbons (Fsp3) is 0.571. The van der Waals surface area contributed by atoms with Gasteiger partial charge in [-0.1, -0.05) is 6.92 Å². The fourth-order valence-corrected chi connectivity index (χ4v) is 1.83. The van der Waals surface area contributed by atoms with Crippen molar-refractivity contribution in [1.29, 1.82) is 0 Å². The predicted molar refractivity (Wildman–Crippen MR) is 77.8 cm³/mol. The molecule has 1 aromatic rings. The number of nitrogens with one attached hydrogen (secondary N) is 1. The van der Waals surface area contributed by atoms with E-state index in [-0.39, 0.29) is 24.5 Å². The molecule has 21 heavy (non-hydrogen) atoms. The van der Waals surface area contributed by atoms with Crippen LogP contribution in [0.15, 0.2) is 12.3 Å². The highest BCUT2D eigenvalue weighted by Crippen LogP contribution is 2.16. The molecule has 0 aliphatic heterocycles. The summed E-state index contributed by atoms with van der Waals surface area (Å²) in [7, 11) is 2.96. The number of hydrogen-bond donors (Lipinski definition) is 2. The zero-order valence-corrected chi connectivity index (χ0v) is 12.6. The molecule has 0 saturated carbocycles. The van der Waals surface area contributed by atoms with Crippen LogP contribution < -0.4 is 5.32 Å². The van der Waals surface area contributed by atoms with Gasteiger partial charge in [0.2, 0.25) is 0 Å². The summed E-state index contributed by atoms with van der Waals surface area (Å²) in [5, 5.41) is 12.4. The molecule has 7 heteroatoms. The molecule has 0 aliphatic rings. The first-order chi connectivity index (χ1) is 10.0. The van der Waals surface area contributed by atoms with E-state index in [0.29, 0.717) is 6.54 Å². The Bertz CT molecular complexity index is 471. The van der Waals surface area contributed by atoms with Gasteiger partial charge >= 0.3 is 0 Å². The van der Waals surface area contributed by atoms with Gasteiger partial charge in [0.25, 0.3) is 5.91 Å². The van der Waals surface area contributed by atoms with Crippen LogP contribution >= 0.6 is 0 Å². The molecule has 2 N–H and O–H groups in total. The van der Waals surface area contributed by atoms with Crippen molar-refractivity contribution >= 4 is 11.7 Å². The molecule has 1 unspecified atom stereocenters. The van der Waals surface area contributed by atoms with Crippen molar-refractivity contribution in [2.45, 2.75) is 19.4 Å². The molecule has 0 bridgehead atoms. The van der Waals surface area contributed by atoms with E-state index in [1.807, 2.05) is 6.92 Å². The Morgan fingerprint density at radius 2 is 2.33 bits per heavy atom. The van der Waals surface area contributed by atoms with Crippen LogP contribution in [-0.2, 0) is 4.74 Å². The predicted octanol–water partition coefficient (Wildman–Crippen LogP) is 1.12. The number of rotatable bonds is 8. The Labute approximate surface area is 123 Å². The Balaban J connectivity index is 2.81. The molecule has 1 rings (SSSR count). The first-order valence-electron chi connectivity index (χ1n) is 6.82. The summed E-state index contributed by atoms with van der Waals surface area (Å²) in [5.74, 6) is -1.12. The molecule has 0 saturated heterocycles. The van der Waals surface area contributed by atoms with Crippen LogP contribution in [0.2, 0.25) is 0 Å². The van der Waals surface area contributed by atoms with E-state index in [2.05, 4.69) is 10.3 Å². The van der Waals surface area contributed by atoms with Crippen LogP contribution in [0.25, 0.3) is 0 Å². The summed E-state index contributed by atoms with van der Waals surface area (Å²) in [6.07, 6.45) is 1.39. The van der Waals surface area contributed by atoms with E-state index < -0.39 is 17.8 Å². The number of carbonyl (C=O) groups is 1. The maximum absolute atomic E-state index is 14.2. The molecule has 0 radical (unpaired) electrons. The van der Waals surface area contributed by atoms with Gasteiger partial charge in [-0.05, 0) is 12.5 Å². The lowest BCUT2D eigenvalue weighted by Crippen LogP contribution is -2.36. The Morgan fingerprint density at radius 1 is 1.62 bits per heavy atom. The minimum Gasteiger partial charge on any atom is -0.389 e. The standard InChI is InChI=1S/C14H22FN3O3/c1-4-6-16-13-12(15)11(5-7-17-13)14(20)18(2)8-10(19)9-21-3/h5,7,10,19H,4,6,8-9H2,1-3H3,(H,16,17). The van der Waals surface area contributed by atoms with Crippen molar-refractivity contribution < 1.29 is 19.0 Å². The molecule has 1 aromatic heterocycles. The van der Waals surface area contributed by atoms with Gasteiger partial charge in [0.05, 0.1) is 18.3 Å². The maximum atomic E-state index is 14.2. The molecule has 0 spiro atoms. The number of aliphatic hydroxyl groups excluding tert-OH is 1. The van der Waals surface area contributed by atoms with Crippen LogP contribution in [0.1, 0.15) is 23.7 Å². The fourth-order valence-electron chi connectivity index (χ4n) is 1.83. The number of nitrogens with zero attached hydrogens (tertiary/aromatic N) is 2. The summed E-state index contributed by atoms with van der Waals surface area (Å²) < 4.78 is 19.0. The number of hydrogen-bond acceptors (Lipinski definition) is 5. The van der Waals surface area contributed by atoms with Crippen LogP contribution in [0.3, 0.4) is 0 Å². The van der Waals surface area contributed by atoms with Crippen LogP contribution in [0.5, 0.6) is 0 Å². The number of pyridine rings is 1. The summed E-state index contributed by atoms with van der Waals surface area (Å²) in [6.45, 7) is 2.70. The molecule has 0 aliphatic carbocycles. The largest absolute Gasteiger partial charge is 0.389 e. The van der Waals surface area contributed by atoms with Gasteiger partial charge in [-0.25, -0.2) is 9.37 Å². The topological polar surface area (TPSA) is 74.7 Å². The highest BCUT2D eigenvalue weighted by molar-refractivity contribution is 5.95. The van der Waals surface area contributed by atoms with Crippen molar-refractivity contribution in [3.63, 3.8) is 0 Å². The number of aromatic nitrogens is 1. The van der Waals surface area contributed by atoms with Crippen LogP contribution in [0.4, 0.5) is 10.2 Å². The number of carbonyl (C=O) groups excluding carboxylic acids is 1. The zero-order chi connectivity index (χ0) is 15.8. The van der Waals surface area contributed by atoms with Gasteiger partial charge in [-0.3, -0.25) is 4.79 Å². The van der Waals surface area contributed by atoms with Gasteiger partial charge in [0.15, 0.2) is 11.6 Å². The molecule has 6 nitrogen and oxygen atoms in total. The smallest absolute Gasteiger partial charge is 0.256 e. The Morgan fingerprint density at radius 3 is 2.95 bits per heavy atom. The van der Waals surface area contributed by atoms with E-state index in [9.17, 15) is 14.3 Å². The SMILES string of the molecule is CCCNc1nccc(C(=O)N(C)CC(O)COC)c1F. The number of aliphatic hydroxyl groups is 1. The van der Waals surface area contributed by atoms with Crippen molar-refractivity contribution in [1.82, 2.24) is 9.88 Å². The third kappa shape index (κ3) is 4.95. The summed E-state index contributed by atoms with van der Waals surface area (Å²) in [4.78, 5) is 17.3. The second kappa shape index (κ2) is 8.53. The van der Waals surface area contributed by atoms with E-state index in [4.69, 9.17) is 4.74 Å². The highest BCUT2D eigenvalue weighted by Gasteiger charge is 2.21. The third-order valence-electron chi connectivity index (χ3n) is 2.85. The monoisotopic (exact) mass is 299 g/mol. The number of ether oxygens (including phenoxy) is 1. The molecule has 0 fully saturated rings. The molecule has 1 amide bonds. The summed E-state index contributed by atoms with van der Waals surface area (Å²) >= 11 is 0. The van der Waals surface area contributed by atoms with Gasteiger partial charge in [0, 0.05) is 33.4 Å². The van der Waals surface area contributed by atoms with Gasteiger partial charge in [-0.15, -0.1) is 0 Å². The minimum atomic E-state index is -0.813. The second-order valence-corrected chi connectivity index (χ2v) is 4.74. The van der Waals surface area contributed by atoms with E-state index in [1.54, 1.807) is 0 Å². The van der Waals surface area contributed by atoms with Crippen LogP contribution in [-0.4, -0.2) is 60.9 Å². The summed E-state index contributed by atoms with van der Waals surface area (Å²) in [6, 6.07) is 1.33. The van der Waals surface area contributed by atoms with Crippen molar-refractivity contribution in [2.24, 2.45) is 0 Å². The number of amides is 1. The van der Waals surface area contributed by atoms with E-state index >= 15 is 0 Å². The lowest BCUT2D eigenvalue weighted by molar-refractivity contribution is 0.0378. The molecule has 1 heterocycles. The summed E-state index contributed by atoms with van der Waals surface area (Å²) in [5.41, 5.74) is -0.0734. The number of likely N-dealkylation sites (N-methyl/N-ethyl adjacent to an activating group) is 1. The van der Waals surface area contributed by atoms with Crippen molar-refractivity contribution in [2.75, 3.05) is 39.2 Å². The van der Waals surface area contributed by atoms with Gasteiger partial charge in [-0.2, -0.15) is 0 Å². The highest BCUT2D eigenvalue weighted by atomic mass is 19.1. The lowest BCUT2D eigenvalue weighted by atomic mass is 10.2. The average Bonchev–Trinajstić information content (AvgIpc) is 2.45. The average molecular weight is 299 g/mol. The first kappa shape index (κ1) is 17.3. The van der Waals surface area contributed by atoms with Crippen molar-refractivity contribution in [3.8, 4) is 0 Å². The number of halogens is 1. The second-order valence-electron chi connectivity index (χ2n) is 4.74. The zero-order valence-electron chi connectivity index (χ0n) is 12.6. The minimum absolute atomic E-state index is 0.0617. The van der Waals surface area contributed by atoms with E-state index in [0.717, 1.165) is 6.42 Å². The number of anilines is 1. The molecular formula is C14H22FN3O3. The third-order valence-corrected chi connectivity index (χ3v) is 2.85. The Hall–Kier alpha value is -1.73. The number of methoxy groups -OCH3 is 1. The molecule has 118 valence electrons. The van der Waals surface area contributed by atoms with Gasteiger partial charge < -0.3 is 20.1 Å². The van der Waals surface area contributed by atoms with Crippen molar-refractivity contribution in [3.05, 3.63) is 23.6 Å². The lowest BCUT2D eigenvalue weighted by Gasteiger charge is -2.21. The quantitative estimate of drug-likeness (QED) is 0.752. The normalized spacial score (nSPS) is 12.0. The maximum Gasteiger partial charge on any atom is 0.256 e. The Kier molecular flexibility index (Phi) is 7.04. The molecule has 1 atom stereocenters. The van der Waals surface area contributed by atoms with Gasteiger partial charge in [0.1, 0.15) is 0 Å². The van der Waals surface area contributed by atoms with E-state index in [1.165, 1.54) is 31.3 Å². The molecule has 0 aromatic carbocycles. The molecular weight excluding hydrogens is 277 g/mol. The first-order valence-corrected chi connectivity index (χ1v) is 6.82. The van der Waals surface area contributed by atoms with Crippen LogP contribution in [0, 0.1) is 5.82 Å².